The molecular formula is C8H14O3. The zero-order valence-corrected chi connectivity index (χ0v) is 6.84. The lowest BCUT2D eigenvalue weighted by Gasteiger charge is -2.25. The molecule has 0 saturated carbocycles. The number of hydrogen-bond acceptors (Lipinski definition) is 3. The van der Waals surface area contributed by atoms with Crippen LogP contribution in [0.2, 0.25) is 0 Å². The first-order chi connectivity index (χ1) is 5.33. The molecular weight excluding hydrogens is 144 g/mol. The minimum Gasteiger partial charge on any atom is -0.394 e. The van der Waals surface area contributed by atoms with Gasteiger partial charge in [-0.1, -0.05) is 26.2 Å². The molecule has 0 unspecified atom stereocenters. The SMILES string of the molecule is CCCCCCC1OC(=O)O1. The van der Waals surface area contributed by atoms with Gasteiger partial charge in [0, 0.05) is 6.42 Å². The fourth-order valence-electron chi connectivity index (χ4n) is 1.08. The lowest BCUT2D eigenvalue weighted by atomic mass is 10.1. The standard InChI is InChI=1S/C8H14O3/c1-2-3-4-5-6-7-10-8(9)11-7/h7H,2-6H2,1H3. The number of hydrogen-bond donors (Lipinski definition) is 0. The molecule has 0 atom stereocenters. The molecule has 1 heterocycles. The van der Waals surface area contributed by atoms with Crippen LogP contribution >= 0.6 is 0 Å². The summed E-state index contributed by atoms with van der Waals surface area (Å²) in [5, 5.41) is 0. The van der Waals surface area contributed by atoms with Gasteiger partial charge in [0.1, 0.15) is 0 Å². The third-order valence-corrected chi connectivity index (χ3v) is 1.75. The maximum absolute atomic E-state index is 10.2. The Kier molecular flexibility index (Phi) is 3.20. The maximum atomic E-state index is 10.2. The lowest BCUT2D eigenvalue weighted by Crippen LogP contribution is -2.35. The lowest BCUT2D eigenvalue weighted by molar-refractivity contribution is -0.185. The molecule has 0 aromatic carbocycles. The molecule has 1 aliphatic heterocycles. The molecule has 64 valence electrons. The second-order valence-corrected chi connectivity index (χ2v) is 2.76. The van der Waals surface area contributed by atoms with Crippen LogP contribution in [0.3, 0.4) is 0 Å². The van der Waals surface area contributed by atoms with Crippen molar-refractivity contribution in [3.05, 3.63) is 0 Å². The average molecular weight is 158 g/mol. The number of carbonyl (C=O) groups excluding carboxylic acids is 1. The smallest absolute Gasteiger partial charge is 0.394 e. The molecule has 3 nitrogen and oxygen atoms in total. The van der Waals surface area contributed by atoms with Gasteiger partial charge in [0.15, 0.2) is 0 Å². The van der Waals surface area contributed by atoms with Crippen LogP contribution in [-0.4, -0.2) is 12.4 Å². The fourth-order valence-corrected chi connectivity index (χ4v) is 1.08. The molecule has 0 radical (unpaired) electrons. The van der Waals surface area contributed by atoms with Gasteiger partial charge < -0.3 is 9.47 Å². The van der Waals surface area contributed by atoms with Gasteiger partial charge in [0.25, 0.3) is 6.29 Å². The quantitative estimate of drug-likeness (QED) is 0.455. The Morgan fingerprint density at radius 3 is 2.55 bits per heavy atom. The average Bonchev–Trinajstić information content (AvgIpc) is 1.94. The van der Waals surface area contributed by atoms with Gasteiger partial charge in [-0.3, -0.25) is 0 Å². The second kappa shape index (κ2) is 4.21. The second-order valence-electron chi connectivity index (χ2n) is 2.76. The van der Waals surface area contributed by atoms with E-state index in [1.165, 1.54) is 19.3 Å². The van der Waals surface area contributed by atoms with Crippen LogP contribution in [0.4, 0.5) is 4.79 Å². The molecule has 1 fully saturated rings. The molecule has 11 heavy (non-hydrogen) atoms. The van der Waals surface area contributed by atoms with E-state index in [1.807, 2.05) is 0 Å². The van der Waals surface area contributed by atoms with Gasteiger partial charge in [-0.2, -0.15) is 0 Å². The monoisotopic (exact) mass is 158 g/mol. The third-order valence-electron chi connectivity index (χ3n) is 1.75. The summed E-state index contributed by atoms with van der Waals surface area (Å²) in [7, 11) is 0. The highest BCUT2D eigenvalue weighted by Gasteiger charge is 2.28. The molecule has 1 aliphatic rings. The summed E-state index contributed by atoms with van der Waals surface area (Å²) in [6.45, 7) is 2.17. The van der Waals surface area contributed by atoms with Crippen LogP contribution in [0.15, 0.2) is 0 Å². The van der Waals surface area contributed by atoms with E-state index in [-0.39, 0.29) is 6.29 Å². The predicted octanol–water partition coefficient (Wildman–Crippen LogP) is 2.45. The summed E-state index contributed by atoms with van der Waals surface area (Å²) in [6, 6.07) is 0. The van der Waals surface area contributed by atoms with E-state index in [4.69, 9.17) is 0 Å². The Balaban J connectivity index is 1.85. The molecule has 3 heteroatoms. The summed E-state index contributed by atoms with van der Waals surface area (Å²) in [6.07, 6.45) is 4.86. The van der Waals surface area contributed by atoms with Gasteiger partial charge in [0.2, 0.25) is 0 Å². The number of carbonyl (C=O) groups is 1. The van der Waals surface area contributed by atoms with Gasteiger partial charge >= 0.3 is 6.16 Å². The molecule has 0 spiro atoms. The molecule has 0 bridgehead atoms. The van der Waals surface area contributed by atoms with E-state index in [2.05, 4.69) is 16.4 Å². The number of rotatable bonds is 5. The van der Waals surface area contributed by atoms with E-state index in [0.717, 1.165) is 12.8 Å². The highest BCUT2D eigenvalue weighted by atomic mass is 16.9. The predicted molar refractivity (Wildman–Crippen MR) is 40.1 cm³/mol. The van der Waals surface area contributed by atoms with Crippen molar-refractivity contribution in [3.63, 3.8) is 0 Å². The van der Waals surface area contributed by atoms with Crippen LogP contribution in [0, 0.1) is 0 Å². The minimum atomic E-state index is -0.523. The zero-order valence-electron chi connectivity index (χ0n) is 6.84. The van der Waals surface area contributed by atoms with Crippen LogP contribution in [0.5, 0.6) is 0 Å². The molecule has 1 rings (SSSR count). The van der Waals surface area contributed by atoms with E-state index in [1.54, 1.807) is 0 Å². The fraction of sp³-hybridized carbons (Fsp3) is 0.875. The molecule has 0 aliphatic carbocycles. The van der Waals surface area contributed by atoms with Crippen molar-refractivity contribution < 1.29 is 14.3 Å². The molecule has 1 saturated heterocycles. The highest BCUT2D eigenvalue weighted by Crippen LogP contribution is 2.17. The summed E-state index contributed by atoms with van der Waals surface area (Å²) in [5.41, 5.74) is 0. The zero-order chi connectivity index (χ0) is 8.10. The van der Waals surface area contributed by atoms with Crippen molar-refractivity contribution in [2.75, 3.05) is 0 Å². The first-order valence-electron chi connectivity index (χ1n) is 4.20. The van der Waals surface area contributed by atoms with Gasteiger partial charge in [-0.05, 0) is 6.42 Å². The van der Waals surface area contributed by atoms with E-state index in [9.17, 15) is 4.79 Å². The number of unbranched alkanes of at least 4 members (excludes halogenated alkanes) is 3. The van der Waals surface area contributed by atoms with Crippen molar-refractivity contribution >= 4 is 6.16 Å². The van der Waals surface area contributed by atoms with Crippen molar-refractivity contribution in [1.29, 1.82) is 0 Å². The van der Waals surface area contributed by atoms with Crippen molar-refractivity contribution in [3.8, 4) is 0 Å². The maximum Gasteiger partial charge on any atom is 0.514 e. The molecule has 0 aromatic heterocycles. The Morgan fingerprint density at radius 2 is 2.00 bits per heavy atom. The Labute approximate surface area is 66.7 Å². The summed E-state index contributed by atoms with van der Waals surface area (Å²) < 4.78 is 9.32. The first-order valence-corrected chi connectivity index (χ1v) is 4.20. The van der Waals surface area contributed by atoms with Crippen molar-refractivity contribution in [2.45, 2.75) is 45.3 Å². The Bertz CT molecular complexity index is 125. The molecule has 0 aromatic rings. The summed E-state index contributed by atoms with van der Waals surface area (Å²) in [4.78, 5) is 10.2. The van der Waals surface area contributed by atoms with E-state index in [0.29, 0.717) is 0 Å². The minimum absolute atomic E-state index is 0.237. The highest BCUT2D eigenvalue weighted by molar-refractivity contribution is 5.63. The third kappa shape index (κ3) is 2.78. The van der Waals surface area contributed by atoms with Crippen LogP contribution in [0.25, 0.3) is 0 Å². The van der Waals surface area contributed by atoms with Gasteiger partial charge in [0.05, 0.1) is 0 Å². The van der Waals surface area contributed by atoms with Crippen LogP contribution in [-0.2, 0) is 9.47 Å². The molecule has 0 N–H and O–H groups in total. The topological polar surface area (TPSA) is 35.5 Å². The first kappa shape index (κ1) is 8.37. The van der Waals surface area contributed by atoms with E-state index < -0.39 is 6.16 Å². The molecule has 0 amide bonds. The Hall–Kier alpha value is -0.730. The number of cyclic esters (lactones) is 2. The van der Waals surface area contributed by atoms with Crippen molar-refractivity contribution in [2.24, 2.45) is 0 Å². The van der Waals surface area contributed by atoms with Crippen LogP contribution in [0.1, 0.15) is 39.0 Å². The summed E-state index contributed by atoms with van der Waals surface area (Å²) in [5.74, 6) is 0. The van der Waals surface area contributed by atoms with Gasteiger partial charge in [-0.25, -0.2) is 4.79 Å². The van der Waals surface area contributed by atoms with E-state index >= 15 is 0 Å². The van der Waals surface area contributed by atoms with Crippen molar-refractivity contribution in [1.82, 2.24) is 0 Å². The van der Waals surface area contributed by atoms with Crippen LogP contribution < -0.4 is 0 Å². The largest absolute Gasteiger partial charge is 0.514 e. The Morgan fingerprint density at radius 1 is 1.27 bits per heavy atom. The summed E-state index contributed by atoms with van der Waals surface area (Å²) >= 11 is 0. The number of ether oxygens (including phenoxy) is 2. The van der Waals surface area contributed by atoms with Gasteiger partial charge in [-0.15, -0.1) is 0 Å². The normalized spacial score (nSPS) is 17.0.